The standard InChI is InChI=1S/C25H31N9O2S/c1-31(26)22(35)16-33-7-5-32(6-8-33)15-17-13-19-24(34-9-11-36-12-10-34)28-23(29-25(19)37-17)18-3-2-4-21-20(18)14-27-30-21/h2-4,13-14H,5-12,15-16,26H2,1H3,(H,27,30). The number of aromatic amines is 1. The number of thiophene rings is 1. The summed E-state index contributed by atoms with van der Waals surface area (Å²) in [6, 6.07) is 8.34. The molecule has 1 aromatic carbocycles. The van der Waals surface area contributed by atoms with Crippen LogP contribution >= 0.6 is 11.3 Å². The van der Waals surface area contributed by atoms with E-state index in [1.54, 1.807) is 18.4 Å². The number of nitrogens with one attached hydrogen (secondary N) is 1. The molecule has 5 heterocycles. The highest BCUT2D eigenvalue weighted by atomic mass is 32.1. The minimum Gasteiger partial charge on any atom is -0.378 e. The number of aromatic nitrogens is 4. The van der Waals surface area contributed by atoms with Gasteiger partial charge in [-0.3, -0.25) is 24.7 Å². The maximum Gasteiger partial charge on any atom is 0.250 e. The smallest absolute Gasteiger partial charge is 0.250 e. The van der Waals surface area contributed by atoms with Crippen LogP contribution < -0.4 is 10.7 Å². The van der Waals surface area contributed by atoms with Crippen LogP contribution in [-0.4, -0.2) is 107 Å². The van der Waals surface area contributed by atoms with Crippen molar-refractivity contribution in [1.29, 1.82) is 0 Å². The lowest BCUT2D eigenvalue weighted by Gasteiger charge is -2.34. The highest BCUT2D eigenvalue weighted by molar-refractivity contribution is 7.18. The molecule has 6 rings (SSSR count). The number of nitrogens with zero attached hydrogens (tertiary/aromatic N) is 7. The first-order valence-corrected chi connectivity index (χ1v) is 13.4. The molecular weight excluding hydrogens is 490 g/mol. The Kier molecular flexibility index (Phi) is 6.74. The number of carbonyl (C=O) groups is 1. The molecule has 0 saturated carbocycles. The number of hydrogen-bond acceptors (Lipinski definition) is 10. The molecule has 2 aliphatic heterocycles. The lowest BCUT2D eigenvalue weighted by Crippen LogP contribution is -2.50. The van der Waals surface area contributed by atoms with E-state index < -0.39 is 0 Å². The monoisotopic (exact) mass is 521 g/mol. The van der Waals surface area contributed by atoms with Crippen molar-refractivity contribution < 1.29 is 9.53 Å². The van der Waals surface area contributed by atoms with Crippen LogP contribution in [0.1, 0.15) is 4.88 Å². The van der Waals surface area contributed by atoms with Crippen LogP contribution in [0.4, 0.5) is 5.82 Å². The molecule has 194 valence electrons. The number of carbonyl (C=O) groups excluding carboxylic acids is 1. The fraction of sp³-hybridized carbons (Fsp3) is 0.440. The topological polar surface area (TPSA) is 120 Å². The van der Waals surface area contributed by atoms with Gasteiger partial charge in [0.15, 0.2) is 5.82 Å². The summed E-state index contributed by atoms with van der Waals surface area (Å²) < 4.78 is 5.61. The molecular formula is C25H31N9O2S. The number of morpholine rings is 1. The van der Waals surface area contributed by atoms with Gasteiger partial charge in [-0.2, -0.15) is 5.10 Å². The molecule has 3 aromatic heterocycles. The Bertz CT molecular complexity index is 1400. The number of fused-ring (bicyclic) bond motifs is 2. The van der Waals surface area contributed by atoms with E-state index in [-0.39, 0.29) is 5.91 Å². The van der Waals surface area contributed by atoms with Crippen molar-refractivity contribution >= 4 is 44.2 Å². The van der Waals surface area contributed by atoms with E-state index in [1.165, 1.54) is 4.88 Å². The summed E-state index contributed by atoms with van der Waals surface area (Å²) in [5.41, 5.74) is 1.95. The van der Waals surface area contributed by atoms with Crippen LogP contribution in [0, 0.1) is 0 Å². The second-order valence-corrected chi connectivity index (χ2v) is 10.7. The van der Waals surface area contributed by atoms with Gasteiger partial charge in [0.05, 0.1) is 36.9 Å². The van der Waals surface area contributed by atoms with Crippen molar-refractivity contribution in [2.75, 3.05) is 71.0 Å². The Morgan fingerprint density at radius 2 is 1.89 bits per heavy atom. The average Bonchev–Trinajstić information content (AvgIpc) is 3.56. The number of nitrogens with two attached hydrogens (primary N) is 1. The number of benzene rings is 1. The second kappa shape index (κ2) is 10.3. The summed E-state index contributed by atoms with van der Waals surface area (Å²) in [5, 5.41) is 10.5. The summed E-state index contributed by atoms with van der Waals surface area (Å²) in [6.07, 6.45) is 1.84. The Balaban J connectivity index is 1.28. The molecule has 1 amide bonds. The lowest BCUT2D eigenvalue weighted by atomic mass is 10.1. The largest absolute Gasteiger partial charge is 0.378 e. The summed E-state index contributed by atoms with van der Waals surface area (Å²) in [6.45, 7) is 7.75. The Labute approximate surface area is 218 Å². The lowest BCUT2D eigenvalue weighted by molar-refractivity contribution is -0.131. The number of likely N-dealkylation sites (N-methyl/N-ethyl adjacent to an activating group) is 1. The zero-order valence-corrected chi connectivity index (χ0v) is 21.7. The number of ether oxygens (including phenoxy) is 1. The number of rotatable bonds is 6. The normalized spacial score (nSPS) is 17.6. The number of hydrogen-bond donors (Lipinski definition) is 2. The molecule has 0 spiro atoms. The molecule has 3 N–H and O–H groups in total. The minimum absolute atomic E-state index is 0.0610. The number of H-pyrrole nitrogens is 1. The molecule has 4 aromatic rings. The zero-order valence-electron chi connectivity index (χ0n) is 20.9. The molecule has 11 nitrogen and oxygen atoms in total. The Morgan fingerprint density at radius 1 is 1.11 bits per heavy atom. The summed E-state index contributed by atoms with van der Waals surface area (Å²) >= 11 is 1.74. The first-order chi connectivity index (χ1) is 18.0. The third-order valence-corrected chi connectivity index (χ3v) is 8.07. The van der Waals surface area contributed by atoms with Crippen molar-refractivity contribution in [2.24, 2.45) is 5.84 Å². The molecule has 2 aliphatic rings. The van der Waals surface area contributed by atoms with E-state index in [0.29, 0.717) is 19.8 Å². The van der Waals surface area contributed by atoms with Gasteiger partial charge >= 0.3 is 0 Å². The van der Waals surface area contributed by atoms with Crippen molar-refractivity contribution in [3.05, 3.63) is 35.3 Å². The molecule has 0 bridgehead atoms. The van der Waals surface area contributed by atoms with Crippen LogP contribution in [-0.2, 0) is 16.1 Å². The predicted molar refractivity (Wildman–Crippen MR) is 144 cm³/mol. The van der Waals surface area contributed by atoms with Gasteiger partial charge in [0.25, 0.3) is 0 Å². The third-order valence-electron chi connectivity index (χ3n) is 7.06. The molecule has 2 saturated heterocycles. The molecule has 0 unspecified atom stereocenters. The van der Waals surface area contributed by atoms with Gasteiger partial charge in [-0.1, -0.05) is 12.1 Å². The van der Waals surface area contributed by atoms with E-state index in [9.17, 15) is 4.79 Å². The van der Waals surface area contributed by atoms with Gasteiger partial charge in [0.1, 0.15) is 10.6 Å². The fourth-order valence-corrected chi connectivity index (χ4v) is 6.03. The fourth-order valence-electron chi connectivity index (χ4n) is 4.96. The summed E-state index contributed by atoms with van der Waals surface area (Å²) in [7, 11) is 1.59. The summed E-state index contributed by atoms with van der Waals surface area (Å²) in [4.78, 5) is 31.3. The number of anilines is 1. The first-order valence-electron chi connectivity index (χ1n) is 12.6. The van der Waals surface area contributed by atoms with E-state index in [0.717, 1.165) is 89.1 Å². The molecule has 0 aliphatic carbocycles. The average molecular weight is 522 g/mol. The van der Waals surface area contributed by atoms with E-state index >= 15 is 0 Å². The SMILES string of the molecule is CN(N)C(=O)CN1CCN(Cc2cc3c(N4CCOCC4)nc(-c4cccc5[nH]ncc45)nc3s2)CC1. The van der Waals surface area contributed by atoms with Crippen molar-refractivity contribution in [1.82, 2.24) is 35.0 Å². The first kappa shape index (κ1) is 24.2. The van der Waals surface area contributed by atoms with Crippen LogP contribution in [0.15, 0.2) is 30.5 Å². The van der Waals surface area contributed by atoms with E-state index in [4.69, 9.17) is 20.5 Å². The quantitative estimate of drug-likeness (QED) is 0.221. The van der Waals surface area contributed by atoms with Crippen LogP contribution in [0.5, 0.6) is 0 Å². The minimum atomic E-state index is -0.0610. The predicted octanol–water partition coefficient (Wildman–Crippen LogP) is 1.52. The highest BCUT2D eigenvalue weighted by Gasteiger charge is 2.23. The molecule has 0 radical (unpaired) electrons. The summed E-state index contributed by atoms with van der Waals surface area (Å²) in [5.74, 6) is 7.21. The van der Waals surface area contributed by atoms with Crippen LogP contribution in [0.3, 0.4) is 0 Å². The van der Waals surface area contributed by atoms with Gasteiger partial charge in [-0.25, -0.2) is 15.8 Å². The molecule has 2 fully saturated rings. The number of hydrazine groups is 1. The third kappa shape index (κ3) is 5.03. The maximum atomic E-state index is 11.9. The molecule has 0 atom stereocenters. The van der Waals surface area contributed by atoms with Crippen LogP contribution in [0.25, 0.3) is 32.5 Å². The van der Waals surface area contributed by atoms with Crippen LogP contribution in [0.2, 0.25) is 0 Å². The second-order valence-electron chi connectivity index (χ2n) is 9.60. The highest BCUT2D eigenvalue weighted by Crippen LogP contribution is 2.35. The number of piperazine rings is 1. The van der Waals surface area contributed by atoms with Crippen molar-refractivity contribution in [2.45, 2.75) is 6.54 Å². The van der Waals surface area contributed by atoms with Gasteiger partial charge in [-0.05, 0) is 12.1 Å². The maximum absolute atomic E-state index is 11.9. The van der Waals surface area contributed by atoms with Crippen molar-refractivity contribution in [3.63, 3.8) is 0 Å². The Hall–Kier alpha value is -3.16. The van der Waals surface area contributed by atoms with Gasteiger partial charge < -0.3 is 9.64 Å². The van der Waals surface area contributed by atoms with E-state index in [2.05, 4.69) is 37.0 Å². The zero-order chi connectivity index (χ0) is 25.4. The van der Waals surface area contributed by atoms with Gasteiger partial charge in [-0.15, -0.1) is 11.3 Å². The van der Waals surface area contributed by atoms with Gasteiger partial charge in [0, 0.05) is 68.7 Å². The van der Waals surface area contributed by atoms with E-state index in [1.807, 2.05) is 18.3 Å². The van der Waals surface area contributed by atoms with Gasteiger partial charge in [0.2, 0.25) is 5.91 Å². The Morgan fingerprint density at radius 3 is 2.68 bits per heavy atom. The molecule has 12 heteroatoms. The molecule has 37 heavy (non-hydrogen) atoms. The van der Waals surface area contributed by atoms with Crippen molar-refractivity contribution in [3.8, 4) is 11.4 Å². The number of amides is 1.